The predicted octanol–water partition coefficient (Wildman–Crippen LogP) is 1.66. The summed E-state index contributed by atoms with van der Waals surface area (Å²) in [6, 6.07) is 0. The quantitative estimate of drug-likeness (QED) is 0.603. The molecule has 0 N–H and O–H groups in total. The van der Waals surface area contributed by atoms with E-state index in [4.69, 9.17) is 11.6 Å². The number of halogens is 1. The molecule has 0 aliphatic rings. The third kappa shape index (κ3) is 1.17. The maximum atomic E-state index is 5.54. The van der Waals surface area contributed by atoms with Gasteiger partial charge in [0.05, 0.1) is 17.4 Å². The lowest BCUT2D eigenvalue weighted by Crippen LogP contribution is -1.80. The highest BCUT2D eigenvalue weighted by Crippen LogP contribution is 2.07. The van der Waals surface area contributed by atoms with Crippen LogP contribution in [0.4, 0.5) is 0 Å². The summed E-state index contributed by atoms with van der Waals surface area (Å²) in [5.74, 6) is 0. The van der Waals surface area contributed by atoms with Gasteiger partial charge in [-0.05, 0) is 11.9 Å². The first kappa shape index (κ1) is 5.98. The summed E-state index contributed by atoms with van der Waals surface area (Å²) in [7, 11) is 0. The first-order chi connectivity index (χ1) is 3.83. The third-order valence-corrected chi connectivity index (χ3v) is 1.48. The SMILES string of the molecule is CSn1cc(Cl)cn1. The first-order valence-corrected chi connectivity index (χ1v) is 3.63. The average Bonchev–Trinajstić information content (AvgIpc) is 2.14. The molecule has 4 heteroatoms. The van der Waals surface area contributed by atoms with E-state index in [1.54, 1.807) is 16.5 Å². The van der Waals surface area contributed by atoms with Gasteiger partial charge in [0.1, 0.15) is 0 Å². The molecule has 0 bridgehead atoms. The maximum Gasteiger partial charge on any atom is 0.0797 e. The Labute approximate surface area is 57.0 Å². The van der Waals surface area contributed by atoms with Crippen LogP contribution in [0.25, 0.3) is 0 Å². The Morgan fingerprint density at radius 2 is 2.62 bits per heavy atom. The minimum absolute atomic E-state index is 0.680. The van der Waals surface area contributed by atoms with Crippen LogP contribution >= 0.6 is 23.5 Å². The van der Waals surface area contributed by atoms with E-state index in [2.05, 4.69) is 5.10 Å². The summed E-state index contributed by atoms with van der Waals surface area (Å²) in [6.07, 6.45) is 5.30. The van der Waals surface area contributed by atoms with Crippen molar-refractivity contribution in [3.8, 4) is 0 Å². The van der Waals surface area contributed by atoms with Crippen molar-refractivity contribution in [2.45, 2.75) is 0 Å². The normalized spacial score (nSPS) is 9.75. The highest BCUT2D eigenvalue weighted by atomic mass is 35.5. The second kappa shape index (κ2) is 2.42. The van der Waals surface area contributed by atoms with Gasteiger partial charge < -0.3 is 0 Å². The van der Waals surface area contributed by atoms with Gasteiger partial charge in [-0.1, -0.05) is 11.6 Å². The highest BCUT2D eigenvalue weighted by molar-refractivity contribution is 7.97. The molecule has 0 atom stereocenters. The van der Waals surface area contributed by atoms with Gasteiger partial charge in [0.15, 0.2) is 0 Å². The zero-order chi connectivity index (χ0) is 5.98. The lowest BCUT2D eigenvalue weighted by molar-refractivity contribution is 1.01. The number of rotatable bonds is 1. The number of nitrogens with zero attached hydrogens (tertiary/aromatic N) is 2. The molecule has 0 aliphatic carbocycles. The van der Waals surface area contributed by atoms with Crippen LogP contribution in [-0.4, -0.2) is 15.4 Å². The Kier molecular flexibility index (Phi) is 1.81. The molecule has 0 spiro atoms. The molecule has 8 heavy (non-hydrogen) atoms. The smallest absolute Gasteiger partial charge is 0.0797 e. The molecule has 1 aromatic heterocycles. The van der Waals surface area contributed by atoms with Crippen molar-refractivity contribution in [1.29, 1.82) is 0 Å². The van der Waals surface area contributed by atoms with Crippen LogP contribution in [0.3, 0.4) is 0 Å². The maximum absolute atomic E-state index is 5.54. The van der Waals surface area contributed by atoms with Crippen LogP contribution in [0.2, 0.25) is 5.02 Å². The average molecular weight is 149 g/mol. The van der Waals surface area contributed by atoms with Crippen LogP contribution in [-0.2, 0) is 0 Å². The van der Waals surface area contributed by atoms with Crippen molar-refractivity contribution in [2.24, 2.45) is 0 Å². The minimum atomic E-state index is 0.680. The van der Waals surface area contributed by atoms with Gasteiger partial charge in [0.2, 0.25) is 0 Å². The van der Waals surface area contributed by atoms with Gasteiger partial charge >= 0.3 is 0 Å². The summed E-state index contributed by atoms with van der Waals surface area (Å²) in [5.41, 5.74) is 0. The number of hydrogen-bond donors (Lipinski definition) is 0. The molecular formula is C4H5ClN2S. The van der Waals surface area contributed by atoms with E-state index in [0.29, 0.717) is 5.02 Å². The van der Waals surface area contributed by atoms with Crippen LogP contribution in [0.5, 0.6) is 0 Å². The highest BCUT2D eigenvalue weighted by Gasteiger charge is 1.89. The van der Waals surface area contributed by atoms with Gasteiger partial charge in [-0.3, -0.25) is 0 Å². The van der Waals surface area contributed by atoms with E-state index in [-0.39, 0.29) is 0 Å². The van der Waals surface area contributed by atoms with E-state index in [1.807, 2.05) is 6.26 Å². The lowest BCUT2D eigenvalue weighted by Gasteiger charge is -1.86. The summed E-state index contributed by atoms with van der Waals surface area (Å²) in [6.45, 7) is 0. The molecular weight excluding hydrogens is 144 g/mol. The zero-order valence-corrected chi connectivity index (χ0v) is 5.91. The van der Waals surface area contributed by atoms with Crippen LogP contribution in [0.15, 0.2) is 12.4 Å². The Bertz CT molecular complexity index is 174. The molecule has 0 unspecified atom stereocenters. The standard InChI is InChI=1S/C4H5ClN2S/c1-8-7-3-4(5)2-6-7/h2-3H,1H3. The Morgan fingerprint density at radius 3 is 2.88 bits per heavy atom. The van der Waals surface area contributed by atoms with Crippen LogP contribution in [0.1, 0.15) is 0 Å². The third-order valence-electron chi connectivity index (χ3n) is 0.716. The summed E-state index contributed by atoms with van der Waals surface area (Å²) in [5, 5.41) is 4.56. The van der Waals surface area contributed by atoms with Gasteiger partial charge in [0.25, 0.3) is 0 Å². The number of hydrogen-bond acceptors (Lipinski definition) is 2. The molecule has 0 radical (unpaired) electrons. The molecule has 1 aromatic rings. The van der Waals surface area contributed by atoms with Gasteiger partial charge in [-0.15, -0.1) is 0 Å². The van der Waals surface area contributed by atoms with Crippen molar-refractivity contribution < 1.29 is 0 Å². The van der Waals surface area contributed by atoms with Crippen molar-refractivity contribution in [3.63, 3.8) is 0 Å². The summed E-state index contributed by atoms with van der Waals surface area (Å²) in [4.78, 5) is 0. The molecule has 0 saturated carbocycles. The van der Waals surface area contributed by atoms with Crippen LogP contribution < -0.4 is 0 Å². The summed E-state index contributed by atoms with van der Waals surface area (Å²) < 4.78 is 1.70. The first-order valence-electron chi connectivity index (χ1n) is 2.07. The van der Waals surface area contributed by atoms with Crippen molar-refractivity contribution in [2.75, 3.05) is 6.26 Å². The van der Waals surface area contributed by atoms with Gasteiger partial charge in [0, 0.05) is 6.26 Å². The molecule has 0 aromatic carbocycles. The topological polar surface area (TPSA) is 17.8 Å². The van der Waals surface area contributed by atoms with E-state index >= 15 is 0 Å². The Morgan fingerprint density at radius 1 is 1.88 bits per heavy atom. The fourth-order valence-corrected chi connectivity index (χ4v) is 0.938. The molecule has 0 aliphatic heterocycles. The molecule has 1 heterocycles. The number of aromatic nitrogens is 2. The van der Waals surface area contributed by atoms with Crippen molar-refractivity contribution >= 4 is 23.5 Å². The van der Waals surface area contributed by atoms with E-state index in [1.165, 1.54) is 11.9 Å². The van der Waals surface area contributed by atoms with Crippen LogP contribution in [0, 0.1) is 0 Å². The Hall–Kier alpha value is -0.150. The monoisotopic (exact) mass is 148 g/mol. The molecule has 0 saturated heterocycles. The van der Waals surface area contributed by atoms with E-state index < -0.39 is 0 Å². The van der Waals surface area contributed by atoms with Gasteiger partial charge in [-0.25, -0.2) is 4.09 Å². The predicted molar refractivity (Wildman–Crippen MR) is 36.2 cm³/mol. The molecule has 0 amide bonds. The second-order valence-electron chi connectivity index (χ2n) is 1.24. The van der Waals surface area contributed by atoms with E-state index in [9.17, 15) is 0 Å². The second-order valence-corrected chi connectivity index (χ2v) is 2.42. The Balaban J connectivity index is 2.84. The fourth-order valence-electron chi connectivity index (χ4n) is 0.384. The van der Waals surface area contributed by atoms with Crippen molar-refractivity contribution in [1.82, 2.24) is 9.19 Å². The minimum Gasteiger partial charge on any atom is -0.213 e. The molecule has 44 valence electrons. The van der Waals surface area contributed by atoms with Gasteiger partial charge in [-0.2, -0.15) is 5.10 Å². The summed E-state index contributed by atoms with van der Waals surface area (Å²) >= 11 is 7.05. The largest absolute Gasteiger partial charge is 0.213 e. The fraction of sp³-hybridized carbons (Fsp3) is 0.250. The van der Waals surface area contributed by atoms with E-state index in [0.717, 1.165) is 0 Å². The lowest BCUT2D eigenvalue weighted by atomic mass is 10.8. The molecule has 2 nitrogen and oxygen atoms in total. The zero-order valence-electron chi connectivity index (χ0n) is 4.34. The molecule has 0 fully saturated rings. The molecule has 1 rings (SSSR count). The van der Waals surface area contributed by atoms with Crippen molar-refractivity contribution in [3.05, 3.63) is 17.4 Å².